The van der Waals surface area contributed by atoms with Crippen molar-refractivity contribution in [2.45, 2.75) is 316 Å². The van der Waals surface area contributed by atoms with Gasteiger partial charge in [-0.2, -0.15) is 0 Å². The van der Waals surface area contributed by atoms with Gasteiger partial charge in [-0.3, -0.25) is 14.4 Å². The minimum atomic E-state index is -0.787. The zero-order chi connectivity index (χ0) is 53.6. The first-order valence-corrected chi connectivity index (χ1v) is 31.6. The first kappa shape index (κ1) is 70.6. The first-order valence-electron chi connectivity index (χ1n) is 31.6. The summed E-state index contributed by atoms with van der Waals surface area (Å²) in [7, 11) is 0. The van der Waals surface area contributed by atoms with Crippen LogP contribution in [0.4, 0.5) is 0 Å². The zero-order valence-corrected chi connectivity index (χ0v) is 48.8. The number of rotatable bonds is 57. The summed E-state index contributed by atoms with van der Waals surface area (Å²) in [5.74, 6) is -0.908. The van der Waals surface area contributed by atoms with Gasteiger partial charge >= 0.3 is 17.9 Å². The zero-order valence-electron chi connectivity index (χ0n) is 48.8. The summed E-state index contributed by atoms with van der Waals surface area (Å²) in [5, 5.41) is 0. The van der Waals surface area contributed by atoms with Crippen LogP contribution in [0.2, 0.25) is 0 Å². The van der Waals surface area contributed by atoms with Crippen molar-refractivity contribution < 1.29 is 28.6 Å². The van der Waals surface area contributed by atoms with Gasteiger partial charge in [0, 0.05) is 19.3 Å². The topological polar surface area (TPSA) is 78.9 Å². The minimum absolute atomic E-state index is 0.0838. The molecule has 0 aliphatic rings. The number of ether oxygens (including phenoxy) is 3. The SMILES string of the molecule is CC/C=C\C/C=C\C/C=C\C/C=C\C/C=C\C/C=C\C/C=C\CCCCCC(=O)OCC(COC(=O)CCCCCCCCCCC)OC(=O)CCCCCCCCCCCCCCCCCCCCCCCC. The fourth-order valence-corrected chi connectivity index (χ4v) is 8.95. The molecule has 1 atom stereocenters. The smallest absolute Gasteiger partial charge is 0.306 e. The molecule has 0 aromatic heterocycles. The maximum Gasteiger partial charge on any atom is 0.306 e. The molecule has 1 unspecified atom stereocenters. The highest BCUT2D eigenvalue weighted by Crippen LogP contribution is 2.17. The van der Waals surface area contributed by atoms with E-state index in [9.17, 15) is 14.4 Å². The van der Waals surface area contributed by atoms with E-state index < -0.39 is 6.10 Å². The molecule has 6 heteroatoms. The Morgan fingerprint density at radius 1 is 0.284 bits per heavy atom. The predicted molar refractivity (Wildman–Crippen MR) is 321 cm³/mol. The summed E-state index contributed by atoms with van der Waals surface area (Å²) in [6.07, 6.45) is 81.7. The average molecular weight is 1030 g/mol. The van der Waals surface area contributed by atoms with Crippen LogP contribution in [0.1, 0.15) is 310 Å². The van der Waals surface area contributed by atoms with E-state index in [1.54, 1.807) is 0 Å². The van der Waals surface area contributed by atoms with Crippen molar-refractivity contribution in [1.29, 1.82) is 0 Å². The van der Waals surface area contributed by atoms with Gasteiger partial charge in [-0.25, -0.2) is 0 Å². The van der Waals surface area contributed by atoms with Crippen molar-refractivity contribution in [1.82, 2.24) is 0 Å². The van der Waals surface area contributed by atoms with E-state index in [2.05, 4.69) is 106 Å². The van der Waals surface area contributed by atoms with Crippen LogP contribution in [0.15, 0.2) is 85.1 Å². The molecule has 0 fully saturated rings. The number of esters is 3. The van der Waals surface area contributed by atoms with Crippen LogP contribution in [0.25, 0.3) is 0 Å². The summed E-state index contributed by atoms with van der Waals surface area (Å²) < 4.78 is 16.9. The van der Waals surface area contributed by atoms with E-state index in [1.807, 2.05) is 0 Å². The molecule has 0 N–H and O–H groups in total. The fourth-order valence-electron chi connectivity index (χ4n) is 8.95. The quantitative estimate of drug-likeness (QED) is 0.0261. The van der Waals surface area contributed by atoms with Crippen molar-refractivity contribution in [3.63, 3.8) is 0 Å². The van der Waals surface area contributed by atoms with Crippen molar-refractivity contribution in [2.24, 2.45) is 0 Å². The number of hydrogen-bond acceptors (Lipinski definition) is 6. The van der Waals surface area contributed by atoms with E-state index in [1.165, 1.54) is 161 Å². The lowest BCUT2D eigenvalue weighted by molar-refractivity contribution is -0.167. The van der Waals surface area contributed by atoms with Crippen LogP contribution in [0.5, 0.6) is 0 Å². The van der Waals surface area contributed by atoms with Gasteiger partial charge in [0.15, 0.2) is 6.10 Å². The Morgan fingerprint density at radius 2 is 0.527 bits per heavy atom. The number of carbonyl (C=O) groups is 3. The van der Waals surface area contributed by atoms with Crippen LogP contribution in [-0.2, 0) is 28.6 Å². The molecule has 0 saturated heterocycles. The van der Waals surface area contributed by atoms with Crippen LogP contribution < -0.4 is 0 Å². The van der Waals surface area contributed by atoms with Crippen molar-refractivity contribution in [3.05, 3.63) is 85.1 Å². The highest BCUT2D eigenvalue weighted by molar-refractivity contribution is 5.71. The van der Waals surface area contributed by atoms with Crippen LogP contribution in [0, 0.1) is 0 Å². The van der Waals surface area contributed by atoms with E-state index in [0.717, 1.165) is 109 Å². The molecule has 0 radical (unpaired) electrons. The van der Waals surface area contributed by atoms with E-state index in [-0.39, 0.29) is 31.1 Å². The Kier molecular flexibility index (Phi) is 59.3. The molecule has 0 spiro atoms. The summed E-state index contributed by atoms with van der Waals surface area (Å²) in [6.45, 7) is 6.51. The number of allylic oxidation sites excluding steroid dienone is 14. The Labute approximate surface area is 458 Å². The summed E-state index contributed by atoms with van der Waals surface area (Å²) >= 11 is 0. The maximum absolute atomic E-state index is 12.9. The number of unbranched alkanes of at least 4 members (excludes halogenated alkanes) is 32. The molecule has 74 heavy (non-hydrogen) atoms. The average Bonchev–Trinajstić information content (AvgIpc) is 3.40. The van der Waals surface area contributed by atoms with Crippen LogP contribution in [0.3, 0.4) is 0 Å². The molecule has 0 aliphatic carbocycles. The predicted octanol–water partition coefficient (Wildman–Crippen LogP) is 21.5. The van der Waals surface area contributed by atoms with Crippen molar-refractivity contribution in [2.75, 3.05) is 13.2 Å². The maximum atomic E-state index is 12.9. The highest BCUT2D eigenvalue weighted by atomic mass is 16.6. The molecule has 0 rings (SSSR count). The van der Waals surface area contributed by atoms with E-state index in [4.69, 9.17) is 14.2 Å². The Hall–Kier alpha value is -3.41. The summed E-state index contributed by atoms with van der Waals surface area (Å²) in [4.78, 5) is 38.2. The third kappa shape index (κ3) is 59.5. The molecule has 426 valence electrons. The number of carbonyl (C=O) groups excluding carboxylic acids is 3. The lowest BCUT2D eigenvalue weighted by Crippen LogP contribution is -2.30. The molecule has 0 amide bonds. The standard InChI is InChI=1S/C68H118O6/c1-4-7-10-13-16-19-21-23-25-27-29-31-33-34-35-37-38-40-42-44-46-49-52-55-58-61-67(70)73-64-65(63-72-66(69)60-57-54-51-48-18-15-12-9-6-3)74-68(71)62-59-56-53-50-47-45-43-41-39-36-32-30-28-26-24-22-20-17-14-11-8-5-2/h7,10,16,19,23,25,29,31,34-35,38,40,44,46,65H,4-6,8-9,11-15,17-18,20-22,24,26-28,30,32-33,36-37,39,41-43,45,47-64H2,1-3H3/b10-7-,19-16-,25-23-,31-29-,35-34-,40-38-,46-44-. The van der Waals surface area contributed by atoms with Crippen LogP contribution >= 0.6 is 0 Å². The van der Waals surface area contributed by atoms with Gasteiger partial charge in [0.05, 0.1) is 0 Å². The van der Waals surface area contributed by atoms with Gasteiger partial charge in [-0.1, -0.05) is 298 Å². The second-order valence-corrected chi connectivity index (χ2v) is 21.0. The van der Waals surface area contributed by atoms with Crippen molar-refractivity contribution >= 4 is 17.9 Å². The molecule has 6 nitrogen and oxygen atoms in total. The minimum Gasteiger partial charge on any atom is -0.462 e. The largest absolute Gasteiger partial charge is 0.462 e. The molecule has 0 aromatic carbocycles. The van der Waals surface area contributed by atoms with Crippen LogP contribution in [-0.4, -0.2) is 37.2 Å². The molecule has 0 bridgehead atoms. The molecular formula is C68H118O6. The summed E-state index contributed by atoms with van der Waals surface area (Å²) in [6, 6.07) is 0. The monoisotopic (exact) mass is 1030 g/mol. The highest BCUT2D eigenvalue weighted by Gasteiger charge is 2.19. The van der Waals surface area contributed by atoms with Gasteiger partial charge in [-0.05, 0) is 77.0 Å². The van der Waals surface area contributed by atoms with Gasteiger partial charge in [0.2, 0.25) is 0 Å². The van der Waals surface area contributed by atoms with Gasteiger partial charge in [-0.15, -0.1) is 0 Å². The second kappa shape index (κ2) is 62.1. The van der Waals surface area contributed by atoms with Crippen molar-refractivity contribution in [3.8, 4) is 0 Å². The van der Waals surface area contributed by atoms with Gasteiger partial charge in [0.25, 0.3) is 0 Å². The third-order valence-corrected chi connectivity index (χ3v) is 13.7. The Bertz CT molecular complexity index is 1420. The normalized spacial score (nSPS) is 12.6. The molecule has 0 saturated carbocycles. The molecule has 0 aromatic rings. The second-order valence-electron chi connectivity index (χ2n) is 21.0. The lowest BCUT2D eigenvalue weighted by Gasteiger charge is -2.18. The molecule has 0 heterocycles. The summed E-state index contributed by atoms with van der Waals surface area (Å²) in [5.41, 5.74) is 0. The molecular weight excluding hydrogens is 913 g/mol. The van der Waals surface area contributed by atoms with Gasteiger partial charge < -0.3 is 14.2 Å². The van der Waals surface area contributed by atoms with E-state index in [0.29, 0.717) is 19.3 Å². The van der Waals surface area contributed by atoms with E-state index >= 15 is 0 Å². The first-order chi connectivity index (χ1) is 36.5. The number of hydrogen-bond donors (Lipinski definition) is 0. The fraction of sp³-hybridized carbons (Fsp3) is 0.750. The Balaban J connectivity index is 4.28. The molecule has 0 aliphatic heterocycles. The third-order valence-electron chi connectivity index (χ3n) is 13.7. The Morgan fingerprint density at radius 3 is 0.824 bits per heavy atom. The van der Waals surface area contributed by atoms with Gasteiger partial charge in [0.1, 0.15) is 13.2 Å². The lowest BCUT2D eigenvalue weighted by atomic mass is 10.0.